The fraction of sp³-hybridized carbons (Fsp3) is 0.353. The maximum Gasteiger partial charge on any atom is 0.251 e. The summed E-state index contributed by atoms with van der Waals surface area (Å²) in [7, 11) is 0. The molecule has 0 spiro atoms. The van der Waals surface area contributed by atoms with Crippen molar-refractivity contribution in [2.45, 2.75) is 33.7 Å². The van der Waals surface area contributed by atoms with Crippen LogP contribution in [0.15, 0.2) is 36.7 Å². The summed E-state index contributed by atoms with van der Waals surface area (Å²) in [5, 5.41) is 3.10. The van der Waals surface area contributed by atoms with Gasteiger partial charge in [-0.15, -0.1) is 0 Å². The molecule has 0 radical (unpaired) electrons. The smallest absolute Gasteiger partial charge is 0.251 e. The van der Waals surface area contributed by atoms with Gasteiger partial charge in [0.2, 0.25) is 0 Å². The van der Waals surface area contributed by atoms with Crippen molar-refractivity contribution in [1.82, 2.24) is 15.3 Å². The molecule has 2 heterocycles. The highest BCUT2D eigenvalue weighted by Gasteiger charge is 2.19. The van der Waals surface area contributed by atoms with Crippen molar-refractivity contribution >= 4 is 5.91 Å². The van der Waals surface area contributed by atoms with Crippen LogP contribution in [-0.2, 0) is 0 Å². The van der Waals surface area contributed by atoms with Gasteiger partial charge < -0.3 is 5.32 Å². The first kappa shape index (κ1) is 15.2. The molecule has 21 heavy (non-hydrogen) atoms. The van der Waals surface area contributed by atoms with Gasteiger partial charge in [-0.3, -0.25) is 14.8 Å². The average Bonchev–Trinajstić information content (AvgIpc) is 2.44. The summed E-state index contributed by atoms with van der Waals surface area (Å²) in [4.78, 5) is 20.9. The lowest BCUT2D eigenvalue weighted by atomic mass is 9.97. The van der Waals surface area contributed by atoms with E-state index < -0.39 is 0 Å². The van der Waals surface area contributed by atoms with Gasteiger partial charge in [0.1, 0.15) is 0 Å². The molecule has 0 aliphatic rings. The second-order valence-corrected chi connectivity index (χ2v) is 5.62. The number of aromatic nitrogens is 2. The predicted molar refractivity (Wildman–Crippen MR) is 83.0 cm³/mol. The number of hydrogen-bond acceptors (Lipinski definition) is 3. The number of nitrogens with one attached hydrogen (secondary N) is 1. The highest BCUT2D eigenvalue weighted by Crippen LogP contribution is 2.21. The number of rotatable bonds is 4. The van der Waals surface area contributed by atoms with Crippen molar-refractivity contribution in [1.29, 1.82) is 0 Å². The molecule has 0 fully saturated rings. The Morgan fingerprint density at radius 1 is 1.19 bits per heavy atom. The third-order valence-electron chi connectivity index (χ3n) is 3.34. The Morgan fingerprint density at radius 3 is 2.38 bits per heavy atom. The summed E-state index contributed by atoms with van der Waals surface area (Å²) in [6.45, 7) is 7.96. The zero-order chi connectivity index (χ0) is 15.4. The van der Waals surface area contributed by atoms with Gasteiger partial charge in [-0.05, 0) is 43.5 Å². The predicted octanol–water partition coefficient (Wildman–Crippen LogP) is 3.22. The fourth-order valence-corrected chi connectivity index (χ4v) is 2.38. The van der Waals surface area contributed by atoms with Crippen LogP contribution < -0.4 is 5.32 Å². The normalized spacial score (nSPS) is 12.2. The van der Waals surface area contributed by atoms with E-state index >= 15 is 0 Å². The van der Waals surface area contributed by atoms with Gasteiger partial charge in [0.05, 0.1) is 6.04 Å². The summed E-state index contributed by atoms with van der Waals surface area (Å²) in [5.74, 6) is 0.202. The van der Waals surface area contributed by atoms with Crippen LogP contribution in [0.1, 0.15) is 47.2 Å². The maximum absolute atomic E-state index is 12.5. The van der Waals surface area contributed by atoms with Gasteiger partial charge in [0, 0.05) is 29.3 Å². The number of amides is 1. The Labute approximate surface area is 125 Å². The van der Waals surface area contributed by atoms with Gasteiger partial charge in [0.15, 0.2) is 0 Å². The molecule has 0 bridgehead atoms. The van der Waals surface area contributed by atoms with E-state index in [2.05, 4.69) is 29.1 Å². The molecular weight excluding hydrogens is 262 g/mol. The van der Waals surface area contributed by atoms with Crippen molar-refractivity contribution in [3.8, 4) is 0 Å². The van der Waals surface area contributed by atoms with E-state index in [0.717, 1.165) is 17.0 Å². The van der Waals surface area contributed by atoms with Crippen molar-refractivity contribution < 1.29 is 4.79 Å². The van der Waals surface area contributed by atoms with Crippen LogP contribution in [0.25, 0.3) is 0 Å². The first-order valence-corrected chi connectivity index (χ1v) is 7.13. The highest BCUT2D eigenvalue weighted by atomic mass is 16.1. The minimum Gasteiger partial charge on any atom is -0.345 e. The zero-order valence-electron chi connectivity index (χ0n) is 12.9. The van der Waals surface area contributed by atoms with E-state index in [1.807, 2.05) is 38.1 Å². The largest absolute Gasteiger partial charge is 0.345 e. The zero-order valence-corrected chi connectivity index (χ0v) is 12.9. The first-order chi connectivity index (χ1) is 9.97. The van der Waals surface area contributed by atoms with Crippen LogP contribution in [0.5, 0.6) is 0 Å². The average molecular weight is 283 g/mol. The Hall–Kier alpha value is -2.23. The van der Waals surface area contributed by atoms with Crippen molar-refractivity contribution in [3.05, 3.63) is 59.2 Å². The summed E-state index contributed by atoms with van der Waals surface area (Å²) < 4.78 is 0. The van der Waals surface area contributed by atoms with Gasteiger partial charge in [-0.25, -0.2) is 0 Å². The number of carbonyl (C=O) groups is 1. The molecule has 0 aliphatic heterocycles. The number of pyridine rings is 2. The molecular formula is C17H21N3O. The molecule has 4 nitrogen and oxygen atoms in total. The summed E-state index contributed by atoms with van der Waals surface area (Å²) in [6.07, 6.45) is 3.53. The molecule has 1 amide bonds. The summed E-state index contributed by atoms with van der Waals surface area (Å²) in [5.41, 5.74) is 3.36. The SMILES string of the molecule is Cc1cc(C(=O)N[C@H](c2cccnc2)C(C)C)cc(C)n1. The van der Waals surface area contributed by atoms with Crippen LogP contribution in [0.3, 0.4) is 0 Å². The monoisotopic (exact) mass is 283 g/mol. The van der Waals surface area contributed by atoms with Gasteiger partial charge >= 0.3 is 0 Å². The molecule has 0 saturated heterocycles. The lowest BCUT2D eigenvalue weighted by molar-refractivity contribution is 0.0925. The molecule has 0 unspecified atom stereocenters. The molecule has 2 aromatic heterocycles. The summed E-state index contributed by atoms with van der Waals surface area (Å²) in [6, 6.07) is 7.44. The third-order valence-corrected chi connectivity index (χ3v) is 3.34. The number of carbonyl (C=O) groups excluding carboxylic acids is 1. The minimum atomic E-state index is -0.0776. The van der Waals surface area contributed by atoms with Crippen LogP contribution in [0.2, 0.25) is 0 Å². The summed E-state index contributed by atoms with van der Waals surface area (Å²) >= 11 is 0. The number of hydrogen-bond donors (Lipinski definition) is 1. The van der Waals surface area contributed by atoms with Crippen LogP contribution >= 0.6 is 0 Å². The van der Waals surface area contributed by atoms with Gasteiger partial charge in [0.25, 0.3) is 5.91 Å². The third kappa shape index (κ3) is 3.88. The van der Waals surface area contributed by atoms with Crippen molar-refractivity contribution in [2.75, 3.05) is 0 Å². The van der Waals surface area contributed by atoms with E-state index in [4.69, 9.17) is 0 Å². The Bertz CT molecular complexity index is 603. The molecule has 0 saturated carbocycles. The fourth-order valence-electron chi connectivity index (χ4n) is 2.38. The molecule has 4 heteroatoms. The number of nitrogens with zero attached hydrogens (tertiary/aromatic N) is 2. The second-order valence-electron chi connectivity index (χ2n) is 5.62. The van der Waals surface area contributed by atoms with Gasteiger partial charge in [-0.1, -0.05) is 19.9 Å². The molecule has 0 aromatic carbocycles. The second kappa shape index (κ2) is 6.48. The van der Waals surface area contributed by atoms with Crippen LogP contribution in [-0.4, -0.2) is 15.9 Å². The van der Waals surface area contributed by atoms with E-state index in [1.54, 1.807) is 12.4 Å². The Balaban J connectivity index is 2.23. The molecule has 1 atom stereocenters. The lowest BCUT2D eigenvalue weighted by Gasteiger charge is -2.22. The standard InChI is InChI=1S/C17H21N3O/c1-11(2)16(14-6-5-7-18-10-14)20-17(21)15-8-12(3)19-13(4)9-15/h5-11,16H,1-4H3,(H,20,21)/t16-/m0/s1. The van der Waals surface area contributed by atoms with Gasteiger partial charge in [-0.2, -0.15) is 0 Å². The molecule has 1 N–H and O–H groups in total. The Kier molecular flexibility index (Phi) is 4.68. The van der Waals surface area contributed by atoms with Crippen molar-refractivity contribution in [2.24, 2.45) is 5.92 Å². The molecule has 0 aliphatic carbocycles. The van der Waals surface area contributed by atoms with E-state index in [0.29, 0.717) is 5.56 Å². The highest BCUT2D eigenvalue weighted by molar-refractivity contribution is 5.94. The lowest BCUT2D eigenvalue weighted by Crippen LogP contribution is -2.32. The molecule has 110 valence electrons. The quantitative estimate of drug-likeness (QED) is 0.937. The molecule has 2 aromatic rings. The maximum atomic E-state index is 12.5. The van der Waals surface area contributed by atoms with E-state index in [-0.39, 0.29) is 17.9 Å². The molecule has 2 rings (SSSR count). The van der Waals surface area contributed by atoms with Crippen LogP contribution in [0.4, 0.5) is 0 Å². The number of aryl methyl sites for hydroxylation is 2. The minimum absolute atomic E-state index is 0.0556. The van der Waals surface area contributed by atoms with E-state index in [1.165, 1.54) is 0 Å². The Morgan fingerprint density at radius 2 is 1.86 bits per heavy atom. The first-order valence-electron chi connectivity index (χ1n) is 7.13. The van der Waals surface area contributed by atoms with E-state index in [9.17, 15) is 4.79 Å². The topological polar surface area (TPSA) is 54.9 Å². The van der Waals surface area contributed by atoms with Crippen molar-refractivity contribution in [3.63, 3.8) is 0 Å². The van der Waals surface area contributed by atoms with Crippen LogP contribution in [0, 0.1) is 19.8 Å².